The Morgan fingerprint density at radius 3 is 2.50 bits per heavy atom. The number of nitrogens with zero attached hydrogens (tertiary/aromatic N) is 1. The molecule has 1 aliphatic heterocycles. The molecule has 0 radical (unpaired) electrons. The predicted molar refractivity (Wildman–Crippen MR) is 77.4 cm³/mol. The number of carbonyl (C=O) groups excluding carboxylic acids is 1. The smallest absolute Gasteiger partial charge is 0.327 e. The summed E-state index contributed by atoms with van der Waals surface area (Å²) in [5, 5.41) is 9.20. The molecule has 1 aromatic carbocycles. The van der Waals surface area contributed by atoms with Crippen LogP contribution in [0.25, 0.3) is 0 Å². The second kappa shape index (κ2) is 4.70. The third-order valence-electron chi connectivity index (χ3n) is 4.05. The SMILES string of the molecule is Nc1ccc(C2(C(=O)N3CSCC3C(=O)O)CC2)cc1. The van der Waals surface area contributed by atoms with Gasteiger partial charge in [0.2, 0.25) is 5.91 Å². The van der Waals surface area contributed by atoms with Crippen LogP contribution < -0.4 is 5.73 Å². The first-order valence-electron chi connectivity index (χ1n) is 6.52. The zero-order chi connectivity index (χ0) is 14.3. The maximum absolute atomic E-state index is 12.7. The van der Waals surface area contributed by atoms with E-state index in [1.165, 1.54) is 16.7 Å². The molecule has 0 aromatic heterocycles. The van der Waals surface area contributed by atoms with E-state index in [2.05, 4.69) is 0 Å². The Hall–Kier alpha value is -1.69. The fourth-order valence-electron chi connectivity index (χ4n) is 2.68. The van der Waals surface area contributed by atoms with Gasteiger partial charge in [0.15, 0.2) is 0 Å². The van der Waals surface area contributed by atoms with Gasteiger partial charge in [0.25, 0.3) is 0 Å². The monoisotopic (exact) mass is 292 g/mol. The van der Waals surface area contributed by atoms with Gasteiger partial charge in [-0.1, -0.05) is 12.1 Å². The van der Waals surface area contributed by atoms with Gasteiger partial charge in [0.05, 0.1) is 11.3 Å². The molecule has 1 aliphatic carbocycles. The Balaban J connectivity index is 1.86. The van der Waals surface area contributed by atoms with E-state index < -0.39 is 17.4 Å². The number of benzene rings is 1. The van der Waals surface area contributed by atoms with Crippen molar-refractivity contribution in [2.45, 2.75) is 24.3 Å². The number of amides is 1. The summed E-state index contributed by atoms with van der Waals surface area (Å²) in [6.45, 7) is 0. The van der Waals surface area contributed by atoms with Crippen LogP contribution in [0.15, 0.2) is 24.3 Å². The van der Waals surface area contributed by atoms with Crippen LogP contribution in [-0.2, 0) is 15.0 Å². The normalized spacial score (nSPS) is 23.6. The van der Waals surface area contributed by atoms with Crippen molar-refractivity contribution in [3.8, 4) is 0 Å². The minimum absolute atomic E-state index is 0.0559. The highest BCUT2D eigenvalue weighted by Gasteiger charge is 2.55. The number of nitrogens with two attached hydrogens (primary N) is 1. The van der Waals surface area contributed by atoms with Gasteiger partial charge in [-0.05, 0) is 30.5 Å². The van der Waals surface area contributed by atoms with Crippen LogP contribution in [-0.4, -0.2) is 39.6 Å². The Morgan fingerprint density at radius 2 is 1.95 bits per heavy atom. The average molecular weight is 292 g/mol. The summed E-state index contributed by atoms with van der Waals surface area (Å²) in [5.41, 5.74) is 6.76. The van der Waals surface area contributed by atoms with Gasteiger partial charge in [-0.15, -0.1) is 11.8 Å². The van der Waals surface area contributed by atoms with Crippen LogP contribution in [0.1, 0.15) is 18.4 Å². The van der Waals surface area contributed by atoms with Crippen LogP contribution in [0, 0.1) is 0 Å². The number of rotatable bonds is 3. The Kier molecular flexibility index (Phi) is 3.12. The van der Waals surface area contributed by atoms with E-state index in [1.807, 2.05) is 12.1 Å². The lowest BCUT2D eigenvalue weighted by Crippen LogP contribution is -2.46. The maximum Gasteiger partial charge on any atom is 0.327 e. The quantitative estimate of drug-likeness (QED) is 0.820. The molecular formula is C14H16N2O3S. The number of aliphatic carboxylic acids is 1. The Bertz CT molecular complexity index is 554. The molecule has 1 atom stereocenters. The van der Waals surface area contributed by atoms with Crippen molar-refractivity contribution in [1.82, 2.24) is 4.90 Å². The van der Waals surface area contributed by atoms with Crippen LogP contribution >= 0.6 is 11.8 Å². The van der Waals surface area contributed by atoms with Gasteiger partial charge in [-0.25, -0.2) is 4.79 Å². The fourth-order valence-corrected chi connectivity index (χ4v) is 3.82. The lowest BCUT2D eigenvalue weighted by Gasteiger charge is -2.26. The molecule has 1 saturated heterocycles. The van der Waals surface area contributed by atoms with Crippen LogP contribution in [0.2, 0.25) is 0 Å². The molecule has 0 bridgehead atoms. The second-order valence-corrected chi connectivity index (χ2v) is 6.33. The van der Waals surface area contributed by atoms with E-state index in [0.717, 1.165) is 18.4 Å². The number of thioether (sulfide) groups is 1. The number of carboxylic acids is 1. The van der Waals surface area contributed by atoms with Gasteiger partial charge in [0, 0.05) is 11.4 Å². The zero-order valence-corrected chi connectivity index (χ0v) is 11.7. The first-order chi connectivity index (χ1) is 9.54. The van der Waals surface area contributed by atoms with Crippen molar-refractivity contribution in [2.75, 3.05) is 17.4 Å². The van der Waals surface area contributed by atoms with E-state index in [0.29, 0.717) is 17.3 Å². The summed E-state index contributed by atoms with van der Waals surface area (Å²) in [7, 11) is 0. The molecule has 2 aliphatic rings. The van der Waals surface area contributed by atoms with Crippen LogP contribution in [0.5, 0.6) is 0 Å². The van der Waals surface area contributed by atoms with Gasteiger partial charge in [0.1, 0.15) is 6.04 Å². The highest BCUT2D eigenvalue weighted by Crippen LogP contribution is 2.50. The summed E-state index contributed by atoms with van der Waals surface area (Å²) in [4.78, 5) is 25.5. The van der Waals surface area contributed by atoms with Crippen molar-refractivity contribution in [2.24, 2.45) is 0 Å². The lowest BCUT2D eigenvalue weighted by molar-refractivity contribution is -0.148. The average Bonchev–Trinajstić information content (AvgIpc) is 3.08. The minimum atomic E-state index is -0.920. The molecule has 6 heteroatoms. The molecule has 3 N–H and O–H groups in total. The standard InChI is InChI=1S/C14H16N2O3S/c15-10-3-1-9(2-4-10)14(5-6-14)13(19)16-8-20-7-11(16)12(17)18/h1-4,11H,5-8,15H2,(H,17,18). The van der Waals surface area contributed by atoms with Crippen LogP contribution in [0.4, 0.5) is 5.69 Å². The predicted octanol–water partition coefficient (Wildman–Crippen LogP) is 1.29. The summed E-state index contributed by atoms with van der Waals surface area (Å²) < 4.78 is 0. The lowest BCUT2D eigenvalue weighted by atomic mass is 9.93. The summed E-state index contributed by atoms with van der Waals surface area (Å²) in [6, 6.07) is 6.63. The second-order valence-electron chi connectivity index (χ2n) is 5.33. The third-order valence-corrected chi connectivity index (χ3v) is 5.06. The number of carboxylic acid groups (broad SMARTS) is 1. The highest BCUT2D eigenvalue weighted by atomic mass is 32.2. The van der Waals surface area contributed by atoms with Gasteiger partial charge < -0.3 is 15.7 Å². The first kappa shape index (κ1) is 13.3. The fraction of sp³-hybridized carbons (Fsp3) is 0.429. The Morgan fingerprint density at radius 1 is 1.30 bits per heavy atom. The van der Waals surface area contributed by atoms with Crippen molar-refractivity contribution < 1.29 is 14.7 Å². The number of hydrogen-bond donors (Lipinski definition) is 2. The highest BCUT2D eigenvalue weighted by molar-refractivity contribution is 7.99. The molecule has 1 unspecified atom stereocenters. The maximum atomic E-state index is 12.7. The molecule has 106 valence electrons. The third kappa shape index (κ3) is 2.04. The molecule has 1 saturated carbocycles. The molecule has 2 fully saturated rings. The summed E-state index contributed by atoms with van der Waals surface area (Å²) in [5.74, 6) is -0.0399. The Labute approximate surface area is 121 Å². The van der Waals surface area contributed by atoms with Crippen molar-refractivity contribution in [3.05, 3.63) is 29.8 Å². The molecule has 3 rings (SSSR count). The van der Waals surface area contributed by atoms with Crippen molar-refractivity contribution in [3.63, 3.8) is 0 Å². The van der Waals surface area contributed by atoms with E-state index >= 15 is 0 Å². The number of nitrogen functional groups attached to an aromatic ring is 1. The topological polar surface area (TPSA) is 83.6 Å². The molecule has 0 spiro atoms. The van der Waals surface area contributed by atoms with Crippen molar-refractivity contribution in [1.29, 1.82) is 0 Å². The largest absolute Gasteiger partial charge is 0.480 e. The molecule has 1 amide bonds. The van der Waals surface area contributed by atoms with Gasteiger partial charge >= 0.3 is 5.97 Å². The van der Waals surface area contributed by atoms with Gasteiger partial charge in [-0.2, -0.15) is 0 Å². The molecule has 20 heavy (non-hydrogen) atoms. The van der Waals surface area contributed by atoms with E-state index in [-0.39, 0.29) is 5.91 Å². The zero-order valence-electron chi connectivity index (χ0n) is 10.9. The van der Waals surface area contributed by atoms with Crippen LogP contribution in [0.3, 0.4) is 0 Å². The van der Waals surface area contributed by atoms with Crippen molar-refractivity contribution >= 4 is 29.3 Å². The first-order valence-corrected chi connectivity index (χ1v) is 7.68. The van der Waals surface area contributed by atoms with E-state index in [4.69, 9.17) is 5.73 Å². The summed E-state index contributed by atoms with van der Waals surface area (Å²) in [6.07, 6.45) is 1.56. The molecule has 5 nitrogen and oxygen atoms in total. The van der Waals surface area contributed by atoms with E-state index in [1.54, 1.807) is 12.1 Å². The number of anilines is 1. The minimum Gasteiger partial charge on any atom is -0.480 e. The molecule has 1 aromatic rings. The van der Waals surface area contributed by atoms with E-state index in [9.17, 15) is 14.7 Å². The number of hydrogen-bond acceptors (Lipinski definition) is 4. The number of carbonyl (C=O) groups is 2. The molecule has 1 heterocycles. The molecular weight excluding hydrogens is 276 g/mol. The summed E-state index contributed by atoms with van der Waals surface area (Å²) >= 11 is 1.49. The van der Waals surface area contributed by atoms with Gasteiger partial charge in [-0.3, -0.25) is 4.79 Å².